The predicted octanol–water partition coefficient (Wildman–Crippen LogP) is 1.50. The topological polar surface area (TPSA) is 87.6 Å². The molecule has 0 aliphatic carbocycles. The Hall–Kier alpha value is -2.56. The van der Waals surface area contributed by atoms with Gasteiger partial charge in [0.05, 0.1) is 11.2 Å². The number of aromatic amines is 2. The van der Waals surface area contributed by atoms with Gasteiger partial charge in [-0.25, -0.2) is 4.98 Å². The maximum Gasteiger partial charge on any atom is 0.248 e. The molecule has 1 aromatic carbocycles. The van der Waals surface area contributed by atoms with Crippen LogP contribution in [0.4, 0.5) is 5.69 Å². The van der Waals surface area contributed by atoms with Crippen molar-refractivity contribution in [1.82, 2.24) is 15.0 Å². The molecule has 0 fully saturated rings. The van der Waals surface area contributed by atoms with Crippen molar-refractivity contribution in [2.45, 2.75) is 0 Å². The van der Waals surface area contributed by atoms with Gasteiger partial charge >= 0.3 is 0 Å². The van der Waals surface area contributed by atoms with Crippen LogP contribution in [0.3, 0.4) is 0 Å². The van der Waals surface area contributed by atoms with Gasteiger partial charge in [-0.15, -0.1) is 0 Å². The van der Waals surface area contributed by atoms with Crippen molar-refractivity contribution in [3.63, 3.8) is 0 Å². The number of nitrogens with zero attached hydrogens (tertiary/aromatic N) is 1. The van der Waals surface area contributed by atoms with E-state index in [0.29, 0.717) is 11.5 Å². The number of rotatable bonds is 1. The highest BCUT2D eigenvalue weighted by molar-refractivity contribution is 5.89. The Morgan fingerprint density at radius 1 is 1.24 bits per heavy atom. The zero-order chi connectivity index (χ0) is 11.8. The molecule has 0 aliphatic heterocycles. The predicted molar refractivity (Wildman–Crippen MR) is 66.6 cm³/mol. The van der Waals surface area contributed by atoms with Gasteiger partial charge < -0.3 is 15.7 Å². The monoisotopic (exact) mass is 226 g/mol. The highest BCUT2D eigenvalue weighted by Crippen LogP contribution is 2.22. The molecule has 3 aromatic rings. The van der Waals surface area contributed by atoms with Crippen molar-refractivity contribution < 1.29 is 0 Å². The van der Waals surface area contributed by atoms with Gasteiger partial charge in [-0.1, -0.05) is 6.07 Å². The zero-order valence-electron chi connectivity index (χ0n) is 8.90. The highest BCUT2D eigenvalue weighted by Gasteiger charge is 2.07. The number of hydrogen-bond donors (Lipinski definition) is 3. The number of H-pyrrole nitrogens is 2. The average molecular weight is 226 g/mol. The van der Waals surface area contributed by atoms with Gasteiger partial charge in [-0.2, -0.15) is 0 Å². The van der Waals surface area contributed by atoms with Crippen molar-refractivity contribution in [1.29, 1.82) is 0 Å². The Morgan fingerprint density at radius 3 is 2.88 bits per heavy atom. The van der Waals surface area contributed by atoms with Gasteiger partial charge in [0, 0.05) is 17.8 Å². The average Bonchev–Trinajstić information content (AvgIpc) is 2.74. The smallest absolute Gasteiger partial charge is 0.248 e. The van der Waals surface area contributed by atoms with Crippen LogP contribution in [0.1, 0.15) is 0 Å². The Morgan fingerprint density at radius 2 is 2.12 bits per heavy atom. The summed E-state index contributed by atoms with van der Waals surface area (Å²) in [5.74, 6) is 0.643. The lowest BCUT2D eigenvalue weighted by Crippen LogP contribution is -2.02. The minimum absolute atomic E-state index is 0.157. The molecule has 0 radical (unpaired) electrons. The molecular weight excluding hydrogens is 216 g/mol. The molecule has 0 aliphatic rings. The minimum atomic E-state index is -0.157. The fraction of sp³-hybridized carbons (Fsp3) is 0. The first kappa shape index (κ1) is 9.65. The Labute approximate surface area is 96.3 Å². The van der Waals surface area contributed by atoms with E-state index in [2.05, 4.69) is 15.0 Å². The zero-order valence-corrected chi connectivity index (χ0v) is 8.90. The van der Waals surface area contributed by atoms with Crippen LogP contribution in [0.25, 0.3) is 22.4 Å². The van der Waals surface area contributed by atoms with Crippen LogP contribution >= 0.6 is 0 Å². The number of nitrogen functional groups attached to an aromatic ring is 1. The van der Waals surface area contributed by atoms with Gasteiger partial charge in [0.1, 0.15) is 11.3 Å². The second-order valence-electron chi connectivity index (χ2n) is 3.77. The second-order valence-corrected chi connectivity index (χ2v) is 3.77. The molecule has 84 valence electrons. The van der Waals surface area contributed by atoms with Crippen LogP contribution in [0.2, 0.25) is 0 Å². The van der Waals surface area contributed by atoms with Gasteiger partial charge in [-0.05, 0) is 18.2 Å². The fourth-order valence-electron chi connectivity index (χ4n) is 1.78. The molecule has 5 nitrogen and oxygen atoms in total. The molecule has 0 bridgehead atoms. The van der Waals surface area contributed by atoms with E-state index in [0.717, 1.165) is 16.6 Å². The number of pyridine rings is 1. The first-order valence-corrected chi connectivity index (χ1v) is 5.17. The summed E-state index contributed by atoms with van der Waals surface area (Å²) in [4.78, 5) is 21.3. The van der Waals surface area contributed by atoms with Crippen molar-refractivity contribution in [2.24, 2.45) is 0 Å². The minimum Gasteiger partial charge on any atom is -0.397 e. The number of imidazole rings is 1. The lowest BCUT2D eigenvalue weighted by molar-refractivity contribution is 1.22. The molecule has 4 N–H and O–H groups in total. The van der Waals surface area contributed by atoms with E-state index in [1.165, 1.54) is 6.07 Å². The van der Waals surface area contributed by atoms with Crippen molar-refractivity contribution in [3.05, 3.63) is 46.9 Å². The van der Waals surface area contributed by atoms with E-state index in [4.69, 9.17) is 5.73 Å². The number of fused-ring (bicyclic) bond motifs is 1. The van der Waals surface area contributed by atoms with E-state index >= 15 is 0 Å². The summed E-state index contributed by atoms with van der Waals surface area (Å²) >= 11 is 0. The molecule has 0 amide bonds. The Balaban J connectivity index is 2.25. The highest BCUT2D eigenvalue weighted by atomic mass is 16.1. The van der Waals surface area contributed by atoms with Crippen LogP contribution in [0.15, 0.2) is 41.3 Å². The summed E-state index contributed by atoms with van der Waals surface area (Å²) < 4.78 is 0. The first-order valence-electron chi connectivity index (χ1n) is 5.17. The molecule has 2 aromatic heterocycles. The normalized spacial score (nSPS) is 10.8. The molecule has 5 heteroatoms. The number of benzene rings is 1. The third-order valence-corrected chi connectivity index (χ3v) is 2.59. The lowest BCUT2D eigenvalue weighted by Gasteiger charge is -1.93. The van der Waals surface area contributed by atoms with E-state index in [-0.39, 0.29) is 5.56 Å². The van der Waals surface area contributed by atoms with Crippen LogP contribution < -0.4 is 11.3 Å². The van der Waals surface area contributed by atoms with Crippen molar-refractivity contribution >= 4 is 16.7 Å². The quantitative estimate of drug-likeness (QED) is 0.549. The summed E-state index contributed by atoms with van der Waals surface area (Å²) in [6, 6.07) is 8.83. The SMILES string of the molecule is Nc1cccc2[nH]c(-c3cc[nH]c(=O)c3)nc12. The fourth-order valence-corrected chi connectivity index (χ4v) is 1.78. The Bertz CT molecular complexity index is 741. The van der Waals surface area contributed by atoms with Crippen molar-refractivity contribution in [3.8, 4) is 11.4 Å². The van der Waals surface area contributed by atoms with Gasteiger partial charge in [0.2, 0.25) is 5.56 Å². The number of aromatic nitrogens is 3. The van der Waals surface area contributed by atoms with Gasteiger partial charge in [0.15, 0.2) is 0 Å². The molecule has 17 heavy (non-hydrogen) atoms. The van der Waals surface area contributed by atoms with E-state index < -0.39 is 0 Å². The largest absolute Gasteiger partial charge is 0.397 e. The summed E-state index contributed by atoms with van der Waals surface area (Å²) in [6.45, 7) is 0. The molecule has 0 saturated carbocycles. The molecule has 3 rings (SSSR count). The third-order valence-electron chi connectivity index (χ3n) is 2.59. The van der Waals surface area contributed by atoms with Crippen LogP contribution in [-0.4, -0.2) is 15.0 Å². The van der Waals surface area contributed by atoms with Crippen LogP contribution in [0.5, 0.6) is 0 Å². The standard InChI is InChI=1S/C12H10N4O/c13-8-2-1-3-9-11(8)16-12(15-9)7-4-5-14-10(17)6-7/h1-6H,13H2,(H,14,17)(H,15,16). The van der Waals surface area contributed by atoms with Crippen LogP contribution in [-0.2, 0) is 0 Å². The van der Waals surface area contributed by atoms with Crippen molar-refractivity contribution in [2.75, 3.05) is 5.73 Å². The lowest BCUT2D eigenvalue weighted by atomic mass is 10.2. The molecule has 0 unspecified atom stereocenters. The summed E-state index contributed by atoms with van der Waals surface area (Å²) in [5.41, 5.74) is 8.62. The maximum atomic E-state index is 11.2. The van der Waals surface area contributed by atoms with Gasteiger partial charge in [-0.3, -0.25) is 4.79 Å². The van der Waals surface area contributed by atoms with Gasteiger partial charge in [0.25, 0.3) is 0 Å². The van der Waals surface area contributed by atoms with E-state index in [1.807, 2.05) is 12.1 Å². The second kappa shape index (κ2) is 3.48. The summed E-state index contributed by atoms with van der Waals surface area (Å²) in [6.07, 6.45) is 1.59. The number of nitrogens with one attached hydrogen (secondary N) is 2. The third kappa shape index (κ3) is 1.57. The van der Waals surface area contributed by atoms with E-state index in [1.54, 1.807) is 18.3 Å². The number of nitrogens with two attached hydrogens (primary N) is 1. The van der Waals surface area contributed by atoms with Crippen LogP contribution in [0, 0.1) is 0 Å². The molecule has 2 heterocycles. The molecule has 0 spiro atoms. The molecule has 0 atom stereocenters. The van der Waals surface area contributed by atoms with E-state index in [9.17, 15) is 4.79 Å². The Kier molecular flexibility index (Phi) is 1.98. The summed E-state index contributed by atoms with van der Waals surface area (Å²) in [7, 11) is 0. The molecular formula is C12H10N4O. The number of hydrogen-bond acceptors (Lipinski definition) is 3. The number of para-hydroxylation sites is 1. The summed E-state index contributed by atoms with van der Waals surface area (Å²) in [5, 5.41) is 0. The first-order chi connectivity index (χ1) is 8.24. The number of anilines is 1. The maximum absolute atomic E-state index is 11.2. The molecule has 0 saturated heterocycles.